The van der Waals surface area contributed by atoms with Crippen LogP contribution in [0, 0.1) is 11.6 Å². The van der Waals surface area contributed by atoms with E-state index in [-0.39, 0.29) is 24.4 Å². The molecule has 7 nitrogen and oxygen atoms in total. The number of nitrogens with two attached hydrogens (primary N) is 1. The third-order valence-corrected chi connectivity index (χ3v) is 8.75. The predicted octanol–water partition coefficient (Wildman–Crippen LogP) is 6.17. The van der Waals surface area contributed by atoms with Crippen molar-refractivity contribution in [3.63, 3.8) is 0 Å². The van der Waals surface area contributed by atoms with Gasteiger partial charge in [-0.1, -0.05) is 45.0 Å². The second kappa shape index (κ2) is 17.4. The van der Waals surface area contributed by atoms with Crippen molar-refractivity contribution in [3.8, 4) is 0 Å². The molecule has 0 bridgehead atoms. The van der Waals surface area contributed by atoms with Gasteiger partial charge in [0.25, 0.3) is 5.91 Å². The van der Waals surface area contributed by atoms with E-state index in [0.29, 0.717) is 42.9 Å². The fourth-order valence-corrected chi connectivity index (χ4v) is 6.32. The maximum absolute atomic E-state index is 14.0. The van der Waals surface area contributed by atoms with E-state index >= 15 is 0 Å². The number of carbonyl (C=O) groups excluding carboxylic acids is 2. The van der Waals surface area contributed by atoms with Gasteiger partial charge in [0.1, 0.15) is 17.7 Å². The third-order valence-electron chi connectivity index (χ3n) is 7.73. The summed E-state index contributed by atoms with van der Waals surface area (Å²) in [6, 6.07) is 15.7. The molecule has 0 aromatic heterocycles. The number of amides is 1. The van der Waals surface area contributed by atoms with E-state index in [1.807, 2.05) is 26.0 Å². The van der Waals surface area contributed by atoms with Crippen molar-refractivity contribution < 1.29 is 23.1 Å². The Labute approximate surface area is 275 Å². The zero-order valence-corrected chi connectivity index (χ0v) is 27.7. The molecule has 10 heteroatoms. The summed E-state index contributed by atoms with van der Waals surface area (Å²) >= 11 is 1.58. The molecule has 0 saturated carbocycles. The van der Waals surface area contributed by atoms with Gasteiger partial charge in [0.2, 0.25) is 0 Å². The van der Waals surface area contributed by atoms with Crippen molar-refractivity contribution in [1.29, 1.82) is 0 Å². The summed E-state index contributed by atoms with van der Waals surface area (Å²) in [7, 11) is 0. The number of ether oxygens (including phenoxy) is 1. The fourth-order valence-electron chi connectivity index (χ4n) is 5.48. The van der Waals surface area contributed by atoms with Crippen LogP contribution in [0.1, 0.15) is 76.6 Å². The van der Waals surface area contributed by atoms with Gasteiger partial charge < -0.3 is 20.7 Å². The molecule has 0 aliphatic carbocycles. The van der Waals surface area contributed by atoms with Crippen molar-refractivity contribution in [2.45, 2.75) is 65.1 Å². The van der Waals surface area contributed by atoms with Gasteiger partial charge in [-0.05, 0) is 72.7 Å². The van der Waals surface area contributed by atoms with Crippen LogP contribution in [0.2, 0.25) is 0 Å². The number of hydrogen-bond donors (Lipinski definition) is 2. The molecule has 1 heterocycles. The monoisotopic (exact) mass is 650 g/mol. The van der Waals surface area contributed by atoms with Gasteiger partial charge in [-0.2, -0.15) is 0 Å². The van der Waals surface area contributed by atoms with E-state index in [1.165, 1.54) is 17.7 Å². The molecular formula is C36H44F2N4O3S. The number of aryl methyl sites for hydroxylation is 1. The number of esters is 1. The maximum Gasteiger partial charge on any atom is 0.338 e. The lowest BCUT2D eigenvalue weighted by atomic mass is 10.0. The molecule has 1 amide bonds. The van der Waals surface area contributed by atoms with Gasteiger partial charge in [0, 0.05) is 61.7 Å². The van der Waals surface area contributed by atoms with E-state index in [0.717, 1.165) is 41.7 Å². The molecule has 0 radical (unpaired) electrons. The first-order chi connectivity index (χ1) is 22.2. The van der Waals surface area contributed by atoms with Crippen LogP contribution in [0.3, 0.4) is 0 Å². The van der Waals surface area contributed by atoms with Crippen LogP contribution >= 0.6 is 11.8 Å². The van der Waals surface area contributed by atoms with Gasteiger partial charge in [-0.25, -0.2) is 13.6 Å². The molecule has 0 spiro atoms. The highest BCUT2D eigenvalue weighted by atomic mass is 32.2. The number of carbonyl (C=O) groups is 2. The highest BCUT2D eigenvalue weighted by Crippen LogP contribution is 2.24. The minimum Gasteiger partial charge on any atom is -0.456 e. The Morgan fingerprint density at radius 1 is 0.957 bits per heavy atom. The van der Waals surface area contributed by atoms with E-state index in [2.05, 4.69) is 29.4 Å². The standard InChI is InChI=1S/C36H44F2N4O3S/c1-4-11-42(12-5-2)35(43)28-18-27(34-41-10-13-46-34)19-29(20-28)36(44)45-33(23-40-22-25-9-7-8-24(6-3)14-25)32(39)17-26-15-30(37)21-31(38)16-26/h7-9,14-16,18-21,32-33,40H,4-6,10-13,17,22-23,39H2,1-3H3/t32-,33+/m0/s1. The van der Waals surface area contributed by atoms with Gasteiger partial charge in [-0.15, -0.1) is 11.8 Å². The first kappa shape index (κ1) is 35.3. The Balaban J connectivity index is 1.60. The predicted molar refractivity (Wildman–Crippen MR) is 182 cm³/mol. The minimum absolute atomic E-state index is 0.0832. The quantitative estimate of drug-likeness (QED) is 0.180. The molecule has 2 atom stereocenters. The van der Waals surface area contributed by atoms with Crippen LogP contribution in [-0.2, 0) is 24.1 Å². The van der Waals surface area contributed by atoms with E-state index < -0.39 is 29.7 Å². The van der Waals surface area contributed by atoms with Crippen LogP contribution in [-0.4, -0.2) is 65.9 Å². The van der Waals surface area contributed by atoms with Gasteiger partial charge in [0.05, 0.1) is 10.6 Å². The van der Waals surface area contributed by atoms with Gasteiger partial charge in [-0.3, -0.25) is 9.79 Å². The van der Waals surface area contributed by atoms with Crippen LogP contribution in [0.15, 0.2) is 65.7 Å². The van der Waals surface area contributed by atoms with Crippen molar-refractivity contribution in [2.75, 3.05) is 31.9 Å². The molecule has 1 aliphatic rings. The summed E-state index contributed by atoms with van der Waals surface area (Å²) in [5, 5.41) is 4.12. The molecule has 4 rings (SSSR count). The first-order valence-electron chi connectivity index (χ1n) is 16.0. The Morgan fingerprint density at radius 3 is 2.30 bits per heavy atom. The highest BCUT2D eigenvalue weighted by Gasteiger charge is 2.26. The van der Waals surface area contributed by atoms with Crippen molar-refractivity contribution in [2.24, 2.45) is 10.7 Å². The van der Waals surface area contributed by atoms with E-state index in [9.17, 15) is 18.4 Å². The second-order valence-corrected chi connectivity index (χ2v) is 12.6. The van der Waals surface area contributed by atoms with Crippen LogP contribution in [0.5, 0.6) is 0 Å². The summed E-state index contributed by atoms with van der Waals surface area (Å²) in [6.45, 7) is 8.74. The number of nitrogens with one attached hydrogen (secondary N) is 1. The smallest absolute Gasteiger partial charge is 0.338 e. The van der Waals surface area contributed by atoms with Gasteiger partial charge in [0.15, 0.2) is 0 Å². The Morgan fingerprint density at radius 2 is 1.65 bits per heavy atom. The van der Waals surface area contributed by atoms with Crippen LogP contribution in [0.25, 0.3) is 0 Å². The molecular weight excluding hydrogens is 606 g/mol. The summed E-state index contributed by atoms with van der Waals surface area (Å²) in [5.41, 5.74) is 10.5. The van der Waals surface area contributed by atoms with Crippen molar-refractivity contribution in [3.05, 3.63) is 106 Å². The van der Waals surface area contributed by atoms with Crippen LogP contribution < -0.4 is 11.1 Å². The third kappa shape index (κ3) is 9.95. The zero-order chi connectivity index (χ0) is 33.1. The molecule has 3 N–H and O–H groups in total. The summed E-state index contributed by atoms with van der Waals surface area (Å²) in [6.07, 6.45) is 1.78. The Kier molecular flexibility index (Phi) is 13.3. The SMILES string of the molecule is CCCN(CCC)C(=O)c1cc(C(=O)O[C@H](CNCc2cccc(CC)c2)[C@@H](N)Cc2cc(F)cc(F)c2)cc(C2=NCCS2)c1. The lowest BCUT2D eigenvalue weighted by Gasteiger charge is -2.25. The summed E-state index contributed by atoms with van der Waals surface area (Å²) < 4.78 is 34.0. The molecule has 0 fully saturated rings. The molecule has 0 saturated heterocycles. The van der Waals surface area contributed by atoms with Crippen molar-refractivity contribution in [1.82, 2.24) is 10.2 Å². The molecule has 1 aliphatic heterocycles. The number of aliphatic imine (C=N–C) groups is 1. The Bertz CT molecular complexity index is 1510. The average molecular weight is 651 g/mol. The zero-order valence-electron chi connectivity index (χ0n) is 26.9. The molecule has 3 aromatic carbocycles. The summed E-state index contributed by atoms with van der Waals surface area (Å²) in [4.78, 5) is 33.8. The maximum atomic E-state index is 14.0. The molecule has 246 valence electrons. The number of thioether (sulfide) groups is 1. The lowest BCUT2D eigenvalue weighted by molar-refractivity contribution is 0.0238. The van der Waals surface area contributed by atoms with Crippen molar-refractivity contribution >= 4 is 28.7 Å². The highest BCUT2D eigenvalue weighted by molar-refractivity contribution is 8.14. The topological polar surface area (TPSA) is 97.0 Å². The fraction of sp³-hybridized carbons (Fsp3) is 0.417. The molecule has 0 unspecified atom stereocenters. The second-order valence-electron chi connectivity index (χ2n) is 11.5. The first-order valence-corrected chi connectivity index (χ1v) is 17.0. The average Bonchev–Trinajstić information content (AvgIpc) is 3.58. The minimum atomic E-state index is -0.842. The largest absolute Gasteiger partial charge is 0.456 e. The lowest BCUT2D eigenvalue weighted by Crippen LogP contribution is -2.46. The van der Waals surface area contributed by atoms with Crippen LogP contribution in [0.4, 0.5) is 8.78 Å². The molecule has 3 aromatic rings. The number of hydrogen-bond acceptors (Lipinski definition) is 7. The van der Waals surface area contributed by atoms with E-state index in [1.54, 1.807) is 34.9 Å². The van der Waals surface area contributed by atoms with Gasteiger partial charge >= 0.3 is 5.97 Å². The van der Waals surface area contributed by atoms with E-state index in [4.69, 9.17) is 10.5 Å². The summed E-state index contributed by atoms with van der Waals surface area (Å²) in [5.74, 6) is -1.37. The normalized spacial score (nSPS) is 14.1. The number of benzene rings is 3. The number of halogens is 2. The molecule has 46 heavy (non-hydrogen) atoms. The number of rotatable bonds is 16. The number of nitrogens with zero attached hydrogens (tertiary/aromatic N) is 2. The Hall–Kier alpha value is -3.60.